The van der Waals surface area contributed by atoms with Crippen LogP contribution in [-0.2, 0) is 0 Å². The van der Waals surface area contributed by atoms with E-state index >= 15 is 0 Å². The van der Waals surface area contributed by atoms with Gasteiger partial charge in [-0.15, -0.1) is 11.3 Å². The number of aromatic nitrogens is 2. The first-order valence-corrected chi connectivity index (χ1v) is 4.83. The third kappa shape index (κ3) is 0.939. The van der Waals surface area contributed by atoms with Gasteiger partial charge >= 0.3 is 0 Å². The van der Waals surface area contributed by atoms with E-state index in [-0.39, 0.29) is 0 Å². The lowest BCUT2D eigenvalue weighted by Gasteiger charge is -1.94. The van der Waals surface area contributed by atoms with E-state index in [2.05, 4.69) is 22.2 Å². The van der Waals surface area contributed by atoms with Gasteiger partial charge in [0.05, 0.1) is 15.7 Å². The molecule has 3 heteroatoms. The second-order valence-electron chi connectivity index (χ2n) is 2.77. The highest BCUT2D eigenvalue weighted by atomic mass is 32.1. The summed E-state index contributed by atoms with van der Waals surface area (Å²) in [4.78, 5) is 8.37. The molecule has 3 aromatic rings. The van der Waals surface area contributed by atoms with Crippen molar-refractivity contribution >= 4 is 32.5 Å². The zero-order valence-electron chi connectivity index (χ0n) is 6.69. The van der Waals surface area contributed by atoms with Gasteiger partial charge in [0, 0.05) is 5.39 Å². The summed E-state index contributed by atoms with van der Waals surface area (Å²) in [6, 6.07) is 8.06. The predicted octanol–water partition coefficient (Wildman–Crippen LogP) is 2.64. The number of fused-ring (bicyclic) bond motifs is 3. The molecule has 3 rings (SSSR count). The summed E-state index contributed by atoms with van der Waals surface area (Å²) < 4.78 is 1.17. The SMILES string of the molecule is [c]1nc2ccccc2c2scnc12. The van der Waals surface area contributed by atoms with E-state index in [4.69, 9.17) is 0 Å². The van der Waals surface area contributed by atoms with E-state index in [9.17, 15) is 0 Å². The van der Waals surface area contributed by atoms with Gasteiger partial charge in [0.2, 0.25) is 0 Å². The van der Waals surface area contributed by atoms with Crippen molar-refractivity contribution in [1.82, 2.24) is 9.97 Å². The number of hydrogen-bond acceptors (Lipinski definition) is 3. The van der Waals surface area contributed by atoms with Crippen molar-refractivity contribution in [1.29, 1.82) is 0 Å². The fourth-order valence-corrected chi connectivity index (χ4v) is 2.17. The van der Waals surface area contributed by atoms with Crippen molar-refractivity contribution in [3.8, 4) is 0 Å². The predicted molar refractivity (Wildman–Crippen MR) is 53.8 cm³/mol. The van der Waals surface area contributed by atoms with Gasteiger partial charge in [0.1, 0.15) is 11.7 Å². The lowest BCUT2D eigenvalue weighted by molar-refractivity contribution is 1.38. The fraction of sp³-hybridized carbons (Fsp3) is 0. The summed E-state index contributed by atoms with van der Waals surface area (Å²) in [6.07, 6.45) is 2.92. The fourth-order valence-electron chi connectivity index (χ4n) is 1.39. The highest BCUT2D eigenvalue weighted by Crippen LogP contribution is 2.25. The van der Waals surface area contributed by atoms with E-state index in [0.717, 1.165) is 11.0 Å². The molecule has 2 aromatic heterocycles. The summed E-state index contributed by atoms with van der Waals surface area (Å²) in [5, 5.41) is 1.17. The van der Waals surface area contributed by atoms with Crippen LogP contribution in [-0.4, -0.2) is 9.97 Å². The Kier molecular flexibility index (Phi) is 1.34. The minimum atomic E-state index is 0.865. The van der Waals surface area contributed by atoms with E-state index in [1.165, 1.54) is 10.1 Å². The number of hydrogen-bond donors (Lipinski definition) is 0. The monoisotopic (exact) mass is 185 g/mol. The molecule has 0 N–H and O–H groups in total. The molecule has 0 saturated carbocycles. The molecule has 0 aliphatic carbocycles. The van der Waals surface area contributed by atoms with Crippen LogP contribution < -0.4 is 0 Å². The van der Waals surface area contributed by atoms with Crippen molar-refractivity contribution in [3.05, 3.63) is 36.0 Å². The second-order valence-corrected chi connectivity index (χ2v) is 3.63. The Labute approximate surface area is 78.9 Å². The lowest BCUT2D eigenvalue weighted by atomic mass is 10.2. The topological polar surface area (TPSA) is 25.8 Å². The molecule has 0 unspecified atom stereocenters. The van der Waals surface area contributed by atoms with Gasteiger partial charge < -0.3 is 0 Å². The van der Waals surface area contributed by atoms with Gasteiger partial charge in [0.15, 0.2) is 0 Å². The average molecular weight is 185 g/mol. The first-order chi connectivity index (χ1) is 6.45. The molecule has 0 bridgehead atoms. The molecule has 0 fully saturated rings. The van der Waals surface area contributed by atoms with E-state index in [1.54, 1.807) is 11.3 Å². The van der Waals surface area contributed by atoms with Crippen molar-refractivity contribution in [3.63, 3.8) is 0 Å². The zero-order chi connectivity index (χ0) is 8.67. The lowest BCUT2D eigenvalue weighted by Crippen LogP contribution is -1.78. The molecule has 0 atom stereocenters. The van der Waals surface area contributed by atoms with E-state index < -0.39 is 0 Å². The third-order valence-corrected chi connectivity index (χ3v) is 2.86. The Bertz CT molecular complexity index is 571. The van der Waals surface area contributed by atoms with E-state index in [1.807, 2.05) is 23.7 Å². The molecule has 0 amide bonds. The molecule has 0 spiro atoms. The molecule has 61 valence electrons. The number of rotatable bonds is 0. The second kappa shape index (κ2) is 2.50. The third-order valence-electron chi connectivity index (χ3n) is 2.00. The average Bonchev–Trinajstić information content (AvgIpc) is 2.65. The van der Waals surface area contributed by atoms with Crippen LogP contribution >= 0.6 is 11.3 Å². The standard InChI is InChI=1S/C10H5N2S/c1-2-4-8-7(3-1)10-9(5-11-8)12-6-13-10/h1-4,6H. The summed E-state index contributed by atoms with van der Waals surface area (Å²) in [6.45, 7) is 0. The molecule has 2 nitrogen and oxygen atoms in total. The molecular weight excluding hydrogens is 180 g/mol. The highest BCUT2D eigenvalue weighted by molar-refractivity contribution is 7.17. The Morgan fingerprint density at radius 3 is 3.15 bits per heavy atom. The molecule has 0 saturated heterocycles. The molecule has 13 heavy (non-hydrogen) atoms. The molecular formula is C10H5N2S. The van der Waals surface area contributed by atoms with E-state index in [0.29, 0.717) is 0 Å². The summed E-state index contributed by atoms with van der Waals surface area (Å²) in [7, 11) is 0. The van der Waals surface area contributed by atoms with Crippen LogP contribution in [0.25, 0.3) is 21.1 Å². The summed E-state index contributed by atoms with van der Waals surface area (Å²) in [5.41, 5.74) is 3.68. The maximum absolute atomic E-state index is 4.20. The number of benzene rings is 1. The van der Waals surface area contributed by atoms with Gasteiger partial charge in [-0.3, -0.25) is 0 Å². The number of para-hydroxylation sites is 1. The Balaban J connectivity index is 2.65. The largest absolute Gasteiger partial charge is 0.244 e. The van der Waals surface area contributed by atoms with Gasteiger partial charge in [-0.05, 0) is 6.07 Å². The smallest absolute Gasteiger partial charge is 0.119 e. The first kappa shape index (κ1) is 6.97. The molecule has 1 radical (unpaired) electrons. The molecule has 2 heterocycles. The van der Waals surface area contributed by atoms with Gasteiger partial charge in [-0.2, -0.15) is 0 Å². The van der Waals surface area contributed by atoms with Crippen LogP contribution in [0.15, 0.2) is 29.8 Å². The van der Waals surface area contributed by atoms with Crippen LogP contribution in [0.4, 0.5) is 0 Å². The molecule has 1 aromatic carbocycles. The van der Waals surface area contributed by atoms with Crippen molar-refractivity contribution in [2.45, 2.75) is 0 Å². The minimum absolute atomic E-state index is 0.865. The van der Waals surface area contributed by atoms with Gasteiger partial charge in [-0.25, -0.2) is 9.97 Å². The Morgan fingerprint density at radius 2 is 2.15 bits per heavy atom. The Hall–Kier alpha value is -1.48. The molecule has 0 aliphatic heterocycles. The maximum atomic E-state index is 4.20. The van der Waals surface area contributed by atoms with Crippen LogP contribution in [0.2, 0.25) is 0 Å². The Morgan fingerprint density at radius 1 is 1.23 bits per heavy atom. The van der Waals surface area contributed by atoms with Crippen molar-refractivity contribution < 1.29 is 0 Å². The quantitative estimate of drug-likeness (QED) is 0.538. The van der Waals surface area contributed by atoms with Crippen molar-refractivity contribution in [2.75, 3.05) is 0 Å². The highest BCUT2D eigenvalue weighted by Gasteiger charge is 2.02. The van der Waals surface area contributed by atoms with Gasteiger partial charge in [0.25, 0.3) is 0 Å². The summed E-state index contributed by atoms with van der Waals surface area (Å²) in [5.74, 6) is 0. The minimum Gasteiger partial charge on any atom is -0.244 e. The number of thiazole rings is 1. The van der Waals surface area contributed by atoms with Crippen LogP contribution in [0.3, 0.4) is 0 Å². The zero-order valence-corrected chi connectivity index (χ0v) is 7.51. The van der Waals surface area contributed by atoms with Crippen LogP contribution in [0.1, 0.15) is 0 Å². The first-order valence-electron chi connectivity index (χ1n) is 3.95. The summed E-state index contributed by atoms with van der Waals surface area (Å²) >= 11 is 1.63. The number of nitrogens with zero attached hydrogens (tertiary/aromatic N) is 2. The van der Waals surface area contributed by atoms with Crippen LogP contribution in [0.5, 0.6) is 0 Å². The maximum Gasteiger partial charge on any atom is 0.119 e. The van der Waals surface area contributed by atoms with Crippen molar-refractivity contribution in [2.24, 2.45) is 0 Å². The van der Waals surface area contributed by atoms with Crippen LogP contribution in [0, 0.1) is 6.20 Å². The normalized spacial score (nSPS) is 11.1. The van der Waals surface area contributed by atoms with Gasteiger partial charge in [-0.1, -0.05) is 18.2 Å². The molecule has 0 aliphatic rings. The number of pyridine rings is 1.